The summed E-state index contributed by atoms with van der Waals surface area (Å²) in [6, 6.07) is 15.4. The van der Waals surface area contributed by atoms with Gasteiger partial charge in [0.1, 0.15) is 0 Å². The molecule has 2 saturated heterocycles. The SMILES string of the molecule is CN1CCN(c2ccc(C(=O)Nc3n[nH]c4ccc(OCc5cccc(F)c5F)cc34)c([As]C3CCOCC3)c2)CC1. The van der Waals surface area contributed by atoms with Crippen molar-refractivity contribution in [3.8, 4) is 5.75 Å². The molecular formula is C31H33AsF2N5O3. The summed E-state index contributed by atoms with van der Waals surface area (Å²) >= 11 is -0.238. The van der Waals surface area contributed by atoms with Crippen molar-refractivity contribution >= 4 is 48.4 Å². The van der Waals surface area contributed by atoms with E-state index in [1.54, 1.807) is 18.2 Å². The number of halogens is 2. The van der Waals surface area contributed by atoms with Gasteiger partial charge >= 0.3 is 224 Å². The molecule has 3 aromatic carbocycles. The summed E-state index contributed by atoms with van der Waals surface area (Å²) in [5, 5.41) is 11.0. The standard InChI is InChI=1S/C31H33AsF2N5O3/c1-38-11-13-39(14-12-38)22-5-7-24(26(17-22)32-21-9-15-41-16-10-21)31(40)35-30-25-18-23(6-8-28(25)36-37-30)42-19-20-3-2-4-27(33)29(20)34/h2-8,17-18,21H,9-16,19H2,1H3,(H2,35,36,37,40). The molecule has 42 heavy (non-hydrogen) atoms. The van der Waals surface area contributed by atoms with E-state index in [0.717, 1.165) is 62.7 Å². The van der Waals surface area contributed by atoms with E-state index in [1.807, 2.05) is 6.07 Å². The van der Waals surface area contributed by atoms with Gasteiger partial charge in [-0.3, -0.25) is 0 Å². The van der Waals surface area contributed by atoms with Gasteiger partial charge in [0, 0.05) is 0 Å². The van der Waals surface area contributed by atoms with Crippen LogP contribution in [0.2, 0.25) is 4.71 Å². The third kappa shape index (κ3) is 6.46. The fraction of sp³-hybridized carbons (Fsp3) is 0.355. The van der Waals surface area contributed by atoms with Gasteiger partial charge in [-0.1, -0.05) is 6.07 Å². The summed E-state index contributed by atoms with van der Waals surface area (Å²) in [5.74, 6) is -1.22. The molecule has 219 valence electrons. The van der Waals surface area contributed by atoms with E-state index >= 15 is 0 Å². The average molecular weight is 637 g/mol. The van der Waals surface area contributed by atoms with Gasteiger partial charge in [-0.05, 0) is 6.07 Å². The van der Waals surface area contributed by atoms with Crippen molar-refractivity contribution in [1.82, 2.24) is 15.1 Å². The van der Waals surface area contributed by atoms with E-state index in [2.05, 4.69) is 44.5 Å². The van der Waals surface area contributed by atoms with Crippen LogP contribution in [0.4, 0.5) is 20.3 Å². The van der Waals surface area contributed by atoms with E-state index in [0.29, 0.717) is 32.7 Å². The first kappa shape index (κ1) is 28.6. The van der Waals surface area contributed by atoms with E-state index in [-0.39, 0.29) is 33.8 Å². The number of carbonyl (C=O) groups excluding carboxylic acids is 1. The van der Waals surface area contributed by atoms with Crippen molar-refractivity contribution in [3.05, 3.63) is 77.4 Å². The molecule has 2 aliphatic rings. The van der Waals surface area contributed by atoms with Gasteiger partial charge in [-0.2, -0.15) is 0 Å². The predicted molar refractivity (Wildman–Crippen MR) is 160 cm³/mol. The normalized spacial score (nSPS) is 16.9. The molecule has 2 N–H and O–H groups in total. The van der Waals surface area contributed by atoms with E-state index in [1.165, 1.54) is 17.8 Å². The van der Waals surface area contributed by atoms with Crippen molar-refractivity contribution in [2.45, 2.75) is 24.2 Å². The Balaban J connectivity index is 1.22. The average Bonchev–Trinajstić information content (AvgIpc) is 3.40. The van der Waals surface area contributed by atoms with Crippen LogP contribution in [0.15, 0.2) is 54.6 Å². The summed E-state index contributed by atoms with van der Waals surface area (Å²) in [5.41, 5.74) is 2.67. The van der Waals surface area contributed by atoms with Gasteiger partial charge < -0.3 is 0 Å². The number of nitrogens with zero attached hydrogens (tertiary/aromatic N) is 3. The molecule has 6 rings (SSSR count). The van der Waals surface area contributed by atoms with Gasteiger partial charge in [-0.25, -0.2) is 8.78 Å². The Bertz CT molecular complexity index is 1570. The summed E-state index contributed by atoms with van der Waals surface area (Å²) in [7, 11) is 2.14. The van der Waals surface area contributed by atoms with Crippen LogP contribution in [-0.4, -0.2) is 83.2 Å². The quantitative estimate of drug-likeness (QED) is 0.280. The number of anilines is 2. The number of likely N-dealkylation sites (N-methyl/N-ethyl adjacent to an activating group) is 1. The molecule has 4 aromatic rings. The minimum atomic E-state index is -0.924. The van der Waals surface area contributed by atoms with Crippen molar-refractivity contribution in [2.24, 2.45) is 0 Å². The fourth-order valence-electron chi connectivity index (χ4n) is 5.27. The molecule has 2 aliphatic heterocycles. The van der Waals surface area contributed by atoms with Crippen molar-refractivity contribution in [3.63, 3.8) is 0 Å². The number of hydrogen-bond acceptors (Lipinski definition) is 6. The molecule has 11 heteroatoms. The molecule has 1 amide bonds. The van der Waals surface area contributed by atoms with E-state index in [4.69, 9.17) is 9.47 Å². The molecule has 2 fully saturated rings. The number of rotatable bonds is 8. The number of amides is 1. The van der Waals surface area contributed by atoms with Crippen molar-refractivity contribution in [1.29, 1.82) is 0 Å². The molecule has 0 bridgehead atoms. The summed E-state index contributed by atoms with van der Waals surface area (Å²) in [6.45, 7) is 5.37. The van der Waals surface area contributed by atoms with Crippen LogP contribution in [-0.2, 0) is 11.3 Å². The Morgan fingerprint density at radius 3 is 2.71 bits per heavy atom. The van der Waals surface area contributed by atoms with Crippen LogP contribution >= 0.6 is 0 Å². The van der Waals surface area contributed by atoms with Crippen LogP contribution in [0.1, 0.15) is 28.8 Å². The van der Waals surface area contributed by atoms with Gasteiger partial charge in [0.05, 0.1) is 0 Å². The Morgan fingerprint density at radius 2 is 1.90 bits per heavy atom. The first-order chi connectivity index (χ1) is 20.4. The number of hydrogen-bond donors (Lipinski definition) is 2. The number of fused-ring (bicyclic) bond motifs is 1. The van der Waals surface area contributed by atoms with Crippen LogP contribution in [0.3, 0.4) is 0 Å². The number of carbonyl (C=O) groups is 1. The Morgan fingerprint density at radius 1 is 1.10 bits per heavy atom. The molecule has 0 unspecified atom stereocenters. The maximum absolute atomic E-state index is 14.1. The van der Waals surface area contributed by atoms with E-state index in [9.17, 15) is 13.6 Å². The molecule has 1 radical (unpaired) electrons. The first-order valence-corrected chi connectivity index (χ1v) is 16.2. The van der Waals surface area contributed by atoms with Crippen molar-refractivity contribution in [2.75, 3.05) is 56.7 Å². The molecule has 1 aromatic heterocycles. The molecule has 8 nitrogen and oxygen atoms in total. The van der Waals surface area contributed by atoms with Crippen LogP contribution in [0.25, 0.3) is 10.9 Å². The zero-order valence-electron chi connectivity index (χ0n) is 23.4. The Kier molecular flexibility index (Phi) is 8.74. The maximum atomic E-state index is 14.1. The van der Waals surface area contributed by atoms with Crippen LogP contribution in [0, 0.1) is 11.6 Å². The molecule has 0 saturated carbocycles. The van der Waals surface area contributed by atoms with E-state index < -0.39 is 11.6 Å². The molecule has 0 spiro atoms. The monoisotopic (exact) mass is 636 g/mol. The number of piperazine rings is 1. The van der Waals surface area contributed by atoms with Gasteiger partial charge in [0.15, 0.2) is 5.82 Å². The van der Waals surface area contributed by atoms with Crippen LogP contribution in [0.5, 0.6) is 5.75 Å². The number of aromatic amines is 1. The second kappa shape index (κ2) is 12.8. The van der Waals surface area contributed by atoms with Gasteiger partial charge in [-0.15, -0.1) is 0 Å². The fourth-order valence-corrected chi connectivity index (χ4v) is 8.17. The number of ether oxygens (including phenoxy) is 2. The summed E-state index contributed by atoms with van der Waals surface area (Å²) in [6.07, 6.45) is 2.04. The number of benzene rings is 3. The summed E-state index contributed by atoms with van der Waals surface area (Å²) in [4.78, 5) is 18.4. The minimum absolute atomic E-state index is 0.121. The topological polar surface area (TPSA) is 82.7 Å². The molecule has 0 aliphatic carbocycles. The molecule has 0 atom stereocenters. The third-order valence-corrected chi connectivity index (χ3v) is 11.0. The first-order valence-electron chi connectivity index (χ1n) is 14.2. The third-order valence-electron chi connectivity index (χ3n) is 7.80. The van der Waals surface area contributed by atoms with Crippen LogP contribution < -0.4 is 19.3 Å². The predicted octanol–water partition coefficient (Wildman–Crippen LogP) is 4.35. The second-order valence-electron chi connectivity index (χ2n) is 10.7. The Labute approximate surface area is 250 Å². The number of H-pyrrole nitrogens is 1. The number of nitrogens with one attached hydrogen (secondary N) is 2. The van der Waals surface area contributed by atoms with Gasteiger partial charge in [0.2, 0.25) is 0 Å². The molecule has 3 heterocycles. The zero-order chi connectivity index (χ0) is 29.1. The zero-order valence-corrected chi connectivity index (χ0v) is 25.3. The second-order valence-corrected chi connectivity index (χ2v) is 13.8. The van der Waals surface area contributed by atoms with Gasteiger partial charge in [0.25, 0.3) is 0 Å². The van der Waals surface area contributed by atoms with Crippen molar-refractivity contribution < 1.29 is 23.0 Å². The number of aromatic nitrogens is 2. The Hall–Kier alpha value is -3.46. The molecular weight excluding hydrogens is 603 g/mol. The summed E-state index contributed by atoms with van der Waals surface area (Å²) < 4.78 is 40.7.